The van der Waals surface area contributed by atoms with Gasteiger partial charge in [-0.15, -0.1) is 17.0 Å². The molecule has 0 bridgehead atoms. The van der Waals surface area contributed by atoms with Crippen LogP contribution in [0.5, 0.6) is 0 Å². The lowest BCUT2D eigenvalue weighted by Gasteiger charge is -2.05. The summed E-state index contributed by atoms with van der Waals surface area (Å²) in [5.41, 5.74) is 1.39. The van der Waals surface area contributed by atoms with Gasteiger partial charge in [0.05, 0.1) is 0 Å². The highest BCUT2D eigenvalue weighted by Gasteiger charge is 1.95. The second-order valence-corrected chi connectivity index (χ2v) is 7.26. The molecule has 1 nitrogen and oxygen atoms in total. The molecule has 0 aliphatic carbocycles. The fourth-order valence-electron chi connectivity index (χ4n) is 3.27. The summed E-state index contributed by atoms with van der Waals surface area (Å²) in [6.45, 7) is 4.47. The van der Waals surface area contributed by atoms with Crippen molar-refractivity contribution in [2.75, 3.05) is 6.54 Å². The van der Waals surface area contributed by atoms with Crippen molar-refractivity contribution in [3.63, 3.8) is 0 Å². The van der Waals surface area contributed by atoms with Crippen molar-refractivity contribution in [3.05, 3.63) is 35.9 Å². The van der Waals surface area contributed by atoms with Crippen molar-refractivity contribution in [1.29, 1.82) is 0 Å². The quantitative estimate of drug-likeness (QED) is 0.257. The van der Waals surface area contributed by atoms with Crippen LogP contribution in [-0.2, 0) is 6.54 Å². The van der Waals surface area contributed by atoms with E-state index in [2.05, 4.69) is 42.6 Å². The maximum Gasteiger partial charge on any atom is 0.0205 e. The van der Waals surface area contributed by atoms with Gasteiger partial charge in [-0.1, -0.05) is 121 Å². The Bertz CT molecular complexity index is 352. The molecule has 2 heteroatoms. The van der Waals surface area contributed by atoms with Gasteiger partial charge in [-0.25, -0.2) is 0 Å². The van der Waals surface area contributed by atoms with Gasteiger partial charge in [-0.2, -0.15) is 0 Å². The highest BCUT2D eigenvalue weighted by molar-refractivity contribution is 8.93. The minimum Gasteiger partial charge on any atom is -0.313 e. The molecule has 1 aromatic carbocycles. The molecule has 1 rings (SSSR count). The van der Waals surface area contributed by atoms with Gasteiger partial charge in [-0.3, -0.25) is 0 Å². The van der Waals surface area contributed by atoms with Crippen LogP contribution < -0.4 is 5.32 Å². The van der Waals surface area contributed by atoms with Gasteiger partial charge in [0.2, 0.25) is 0 Å². The largest absolute Gasteiger partial charge is 0.313 e. The summed E-state index contributed by atoms with van der Waals surface area (Å²) in [6.07, 6.45) is 20.1. The first-order valence-corrected chi connectivity index (χ1v) is 10.7. The average molecular weight is 413 g/mol. The first-order chi connectivity index (χ1) is 11.9. The molecule has 0 unspecified atom stereocenters. The van der Waals surface area contributed by atoms with E-state index in [0.29, 0.717) is 0 Å². The summed E-state index contributed by atoms with van der Waals surface area (Å²) in [7, 11) is 0. The molecule has 146 valence electrons. The third-order valence-corrected chi connectivity index (χ3v) is 4.88. The van der Waals surface area contributed by atoms with E-state index in [1.807, 2.05) is 0 Å². The topological polar surface area (TPSA) is 12.0 Å². The monoisotopic (exact) mass is 411 g/mol. The van der Waals surface area contributed by atoms with Gasteiger partial charge in [0, 0.05) is 6.54 Å². The van der Waals surface area contributed by atoms with Crippen LogP contribution in [-0.4, -0.2) is 6.54 Å². The van der Waals surface area contributed by atoms with Gasteiger partial charge < -0.3 is 5.32 Å². The van der Waals surface area contributed by atoms with E-state index in [1.54, 1.807) is 0 Å². The van der Waals surface area contributed by atoms with Crippen LogP contribution in [0.25, 0.3) is 0 Å². The third kappa shape index (κ3) is 16.9. The van der Waals surface area contributed by atoms with Crippen molar-refractivity contribution >= 4 is 17.0 Å². The molecule has 1 aromatic rings. The normalized spacial score (nSPS) is 10.6. The van der Waals surface area contributed by atoms with E-state index in [4.69, 9.17) is 0 Å². The van der Waals surface area contributed by atoms with Gasteiger partial charge in [0.1, 0.15) is 0 Å². The lowest BCUT2D eigenvalue weighted by atomic mass is 10.0. The average Bonchev–Trinajstić information content (AvgIpc) is 2.62. The molecule has 25 heavy (non-hydrogen) atoms. The highest BCUT2D eigenvalue weighted by Crippen LogP contribution is 2.12. The van der Waals surface area contributed by atoms with E-state index >= 15 is 0 Å². The molecule has 0 saturated heterocycles. The summed E-state index contributed by atoms with van der Waals surface area (Å²) in [5, 5.41) is 3.55. The highest BCUT2D eigenvalue weighted by atomic mass is 79.9. The number of unbranched alkanes of at least 4 members (excludes halogenated alkanes) is 13. The first-order valence-electron chi connectivity index (χ1n) is 10.7. The Morgan fingerprint density at radius 2 is 1.04 bits per heavy atom. The molecule has 0 radical (unpaired) electrons. The summed E-state index contributed by atoms with van der Waals surface area (Å²) in [4.78, 5) is 0. The Morgan fingerprint density at radius 1 is 0.600 bits per heavy atom. The molecular weight excluding hydrogens is 370 g/mol. The fraction of sp³-hybridized carbons (Fsp3) is 0.739. The van der Waals surface area contributed by atoms with Gasteiger partial charge in [0.25, 0.3) is 0 Å². The van der Waals surface area contributed by atoms with Crippen molar-refractivity contribution in [3.8, 4) is 0 Å². The van der Waals surface area contributed by atoms with Gasteiger partial charge >= 0.3 is 0 Å². The van der Waals surface area contributed by atoms with Crippen molar-refractivity contribution in [2.24, 2.45) is 0 Å². The number of hydrogen-bond acceptors (Lipinski definition) is 1. The SMILES string of the molecule is Br.CCCCCCCCCCCCCCCCNCc1ccccc1. The Balaban J connectivity index is 0.00000576. The van der Waals surface area contributed by atoms with Gasteiger partial charge in [-0.05, 0) is 18.5 Å². The Hall–Kier alpha value is -0.340. The van der Waals surface area contributed by atoms with Crippen LogP contribution >= 0.6 is 17.0 Å². The summed E-state index contributed by atoms with van der Waals surface area (Å²) in [5.74, 6) is 0. The maximum atomic E-state index is 3.55. The Morgan fingerprint density at radius 3 is 1.52 bits per heavy atom. The number of halogens is 1. The van der Waals surface area contributed by atoms with E-state index in [-0.39, 0.29) is 17.0 Å². The zero-order valence-corrected chi connectivity index (χ0v) is 18.3. The predicted molar refractivity (Wildman–Crippen MR) is 119 cm³/mol. The third-order valence-electron chi connectivity index (χ3n) is 4.88. The number of rotatable bonds is 17. The zero-order valence-electron chi connectivity index (χ0n) is 16.6. The molecule has 0 spiro atoms. The number of nitrogens with one attached hydrogen (secondary N) is 1. The number of benzene rings is 1. The molecule has 0 aliphatic heterocycles. The summed E-state index contributed by atoms with van der Waals surface area (Å²) in [6, 6.07) is 10.7. The smallest absolute Gasteiger partial charge is 0.0205 e. The molecule has 0 atom stereocenters. The molecule has 0 aromatic heterocycles. The fourth-order valence-corrected chi connectivity index (χ4v) is 3.27. The molecule has 0 heterocycles. The van der Waals surface area contributed by atoms with Crippen LogP contribution in [0.1, 0.15) is 102 Å². The molecule has 0 amide bonds. The Labute approximate surface area is 168 Å². The first kappa shape index (κ1) is 24.7. The molecule has 0 fully saturated rings. The predicted octanol–water partition coefficient (Wildman–Crippen LogP) is 7.84. The van der Waals surface area contributed by atoms with Gasteiger partial charge in [0.15, 0.2) is 0 Å². The zero-order chi connectivity index (χ0) is 17.1. The van der Waals surface area contributed by atoms with Crippen LogP contribution in [0.4, 0.5) is 0 Å². The van der Waals surface area contributed by atoms with Crippen LogP contribution in [0.3, 0.4) is 0 Å². The second kappa shape index (κ2) is 20.0. The lowest BCUT2D eigenvalue weighted by molar-refractivity contribution is 0.529. The molecule has 0 aliphatic rings. The Kier molecular flexibility index (Phi) is 19.7. The second-order valence-electron chi connectivity index (χ2n) is 7.26. The van der Waals surface area contributed by atoms with Crippen LogP contribution in [0.2, 0.25) is 0 Å². The van der Waals surface area contributed by atoms with E-state index in [9.17, 15) is 0 Å². The standard InChI is InChI=1S/C23H41N.BrH/c1-2-3-4-5-6-7-8-9-10-11-12-13-14-18-21-24-22-23-19-16-15-17-20-23;/h15-17,19-20,24H,2-14,18,21-22H2,1H3;1H. The van der Waals surface area contributed by atoms with Crippen LogP contribution in [0, 0.1) is 0 Å². The minimum absolute atomic E-state index is 0. The molecule has 0 saturated carbocycles. The lowest BCUT2D eigenvalue weighted by Crippen LogP contribution is -2.14. The van der Waals surface area contributed by atoms with Crippen LogP contribution in [0.15, 0.2) is 30.3 Å². The minimum atomic E-state index is 0. The summed E-state index contributed by atoms with van der Waals surface area (Å²) >= 11 is 0. The molecular formula is C23H42BrN. The maximum absolute atomic E-state index is 3.55. The summed E-state index contributed by atoms with van der Waals surface area (Å²) < 4.78 is 0. The number of hydrogen-bond donors (Lipinski definition) is 1. The van der Waals surface area contributed by atoms with Crippen molar-refractivity contribution in [2.45, 2.75) is 103 Å². The van der Waals surface area contributed by atoms with E-state index in [0.717, 1.165) is 13.1 Å². The van der Waals surface area contributed by atoms with E-state index < -0.39 is 0 Å². The van der Waals surface area contributed by atoms with Crippen molar-refractivity contribution in [1.82, 2.24) is 5.32 Å². The van der Waals surface area contributed by atoms with Crippen molar-refractivity contribution < 1.29 is 0 Å². The van der Waals surface area contributed by atoms with E-state index in [1.165, 1.54) is 95.5 Å². The molecule has 1 N–H and O–H groups in total.